The topological polar surface area (TPSA) is 105 Å². The molecule has 0 unspecified atom stereocenters. The Bertz CT molecular complexity index is 1140. The van der Waals surface area contributed by atoms with E-state index < -0.39 is 0 Å². The van der Waals surface area contributed by atoms with E-state index >= 15 is 0 Å². The minimum atomic E-state index is -0.367. The highest BCUT2D eigenvalue weighted by Gasteiger charge is 2.25. The number of fused-ring (bicyclic) bond motifs is 1. The Kier molecular flexibility index (Phi) is 5.72. The van der Waals surface area contributed by atoms with Crippen LogP contribution in [0, 0.1) is 17.2 Å². The molecule has 30 heavy (non-hydrogen) atoms. The fourth-order valence-corrected chi connectivity index (χ4v) is 4.89. The minimum absolute atomic E-state index is 0.173. The lowest BCUT2D eigenvalue weighted by Gasteiger charge is -2.23. The first kappa shape index (κ1) is 20.0. The van der Waals surface area contributed by atoms with Gasteiger partial charge in [0.05, 0.1) is 39.1 Å². The Hall–Kier alpha value is -3.31. The van der Waals surface area contributed by atoms with Gasteiger partial charge in [-0.3, -0.25) is 9.78 Å². The van der Waals surface area contributed by atoms with Gasteiger partial charge in [-0.1, -0.05) is 0 Å². The molecule has 2 heterocycles. The van der Waals surface area contributed by atoms with Crippen molar-refractivity contribution < 1.29 is 14.3 Å². The molecule has 0 spiro atoms. The van der Waals surface area contributed by atoms with Crippen LogP contribution >= 0.6 is 11.3 Å². The maximum Gasteiger partial charge on any atom is 0.257 e. The lowest BCUT2D eigenvalue weighted by molar-refractivity contribution is -0.111. The third kappa shape index (κ3) is 4.02. The van der Waals surface area contributed by atoms with E-state index in [0.29, 0.717) is 28.5 Å². The van der Waals surface area contributed by atoms with Crippen LogP contribution in [-0.4, -0.2) is 29.3 Å². The van der Waals surface area contributed by atoms with Gasteiger partial charge >= 0.3 is 0 Å². The van der Waals surface area contributed by atoms with E-state index in [1.54, 1.807) is 18.4 Å². The fraction of sp³-hybridized carbons (Fsp3) is 0.318. The van der Waals surface area contributed by atoms with Crippen LogP contribution in [0.15, 0.2) is 30.6 Å². The van der Waals surface area contributed by atoms with Crippen molar-refractivity contribution in [2.24, 2.45) is 5.92 Å². The largest absolute Gasteiger partial charge is 0.494 e. The number of benzene rings is 1. The number of carbonyl (C=O) groups excluding carboxylic acids is 2. The Balaban J connectivity index is 1.59. The summed E-state index contributed by atoms with van der Waals surface area (Å²) >= 11 is 1.61. The average molecular weight is 420 g/mol. The first-order valence-electron chi connectivity index (χ1n) is 9.71. The van der Waals surface area contributed by atoms with E-state index in [2.05, 4.69) is 10.3 Å². The second-order valence-electron chi connectivity index (χ2n) is 7.35. The van der Waals surface area contributed by atoms with E-state index in [9.17, 15) is 9.59 Å². The van der Waals surface area contributed by atoms with Crippen molar-refractivity contribution in [2.75, 3.05) is 12.4 Å². The molecule has 0 saturated heterocycles. The standard InChI is InChI=1S/C22H20N4O3S/c1-29-19-7-18-20(30-22(26-18)15-4-2-13(12-27)3-5-15)8-17(19)25-21(28)16-6-14(9-23)10-24-11-16/h6-8,10-13,15H,2-5H2,1H3,(H,25,28). The van der Waals surface area contributed by atoms with Crippen molar-refractivity contribution in [1.82, 2.24) is 9.97 Å². The Morgan fingerprint density at radius 3 is 2.77 bits per heavy atom. The van der Waals surface area contributed by atoms with E-state index in [1.807, 2.05) is 18.2 Å². The monoisotopic (exact) mass is 420 g/mol. The predicted octanol–water partition coefficient (Wildman–Crippen LogP) is 4.30. The number of aromatic nitrogens is 2. The van der Waals surface area contributed by atoms with Crippen molar-refractivity contribution in [3.8, 4) is 11.8 Å². The second kappa shape index (κ2) is 8.59. The molecule has 7 nitrogen and oxygen atoms in total. The molecular weight excluding hydrogens is 400 g/mol. The molecule has 152 valence electrons. The number of methoxy groups -OCH3 is 1. The molecule has 1 saturated carbocycles. The normalized spacial score (nSPS) is 18.5. The first-order chi connectivity index (χ1) is 14.6. The molecule has 1 aliphatic carbocycles. The number of ether oxygens (including phenoxy) is 1. The summed E-state index contributed by atoms with van der Waals surface area (Å²) in [7, 11) is 1.54. The number of rotatable bonds is 5. The van der Waals surface area contributed by atoms with Gasteiger partial charge in [0.15, 0.2) is 0 Å². The molecule has 1 N–H and O–H groups in total. The van der Waals surface area contributed by atoms with Crippen LogP contribution in [0.1, 0.15) is 52.5 Å². The average Bonchev–Trinajstić information content (AvgIpc) is 3.21. The zero-order valence-electron chi connectivity index (χ0n) is 16.4. The van der Waals surface area contributed by atoms with Gasteiger partial charge in [-0.05, 0) is 37.8 Å². The summed E-state index contributed by atoms with van der Waals surface area (Å²) in [6.45, 7) is 0. The van der Waals surface area contributed by atoms with Crippen molar-refractivity contribution in [3.05, 3.63) is 46.7 Å². The first-order valence-corrected chi connectivity index (χ1v) is 10.5. The number of nitrogens with one attached hydrogen (secondary N) is 1. The number of amides is 1. The number of hydrogen-bond donors (Lipinski definition) is 1. The molecular formula is C22H20N4O3S. The number of thiazole rings is 1. The maximum atomic E-state index is 12.6. The Morgan fingerprint density at radius 1 is 1.27 bits per heavy atom. The van der Waals surface area contributed by atoms with Crippen LogP contribution in [0.5, 0.6) is 5.75 Å². The highest BCUT2D eigenvalue weighted by molar-refractivity contribution is 7.18. The number of hydrogen-bond acceptors (Lipinski definition) is 7. The summed E-state index contributed by atoms with van der Waals surface area (Å²) in [6, 6.07) is 7.17. The summed E-state index contributed by atoms with van der Waals surface area (Å²) in [5.41, 5.74) is 1.99. The van der Waals surface area contributed by atoms with Gasteiger partial charge in [-0.2, -0.15) is 5.26 Å². The summed E-state index contributed by atoms with van der Waals surface area (Å²) in [5.74, 6) is 0.685. The number of carbonyl (C=O) groups is 2. The zero-order valence-corrected chi connectivity index (χ0v) is 17.2. The highest BCUT2D eigenvalue weighted by Crippen LogP contribution is 2.40. The predicted molar refractivity (Wildman–Crippen MR) is 114 cm³/mol. The molecule has 4 rings (SSSR count). The zero-order chi connectivity index (χ0) is 21.1. The quantitative estimate of drug-likeness (QED) is 0.617. The lowest BCUT2D eigenvalue weighted by Crippen LogP contribution is -2.13. The van der Waals surface area contributed by atoms with Crippen LogP contribution < -0.4 is 10.1 Å². The van der Waals surface area contributed by atoms with Gasteiger partial charge in [0.2, 0.25) is 0 Å². The molecule has 1 aromatic carbocycles. The fourth-order valence-electron chi connectivity index (χ4n) is 3.74. The SMILES string of the molecule is COc1cc2nc(C3CCC(C=O)CC3)sc2cc1NC(=O)c1cncc(C#N)c1. The Morgan fingerprint density at radius 2 is 2.07 bits per heavy atom. The third-order valence-electron chi connectivity index (χ3n) is 5.42. The van der Waals surface area contributed by atoms with Crippen LogP contribution in [0.4, 0.5) is 5.69 Å². The maximum absolute atomic E-state index is 12.6. The number of nitrogens with zero attached hydrogens (tertiary/aromatic N) is 3. The lowest BCUT2D eigenvalue weighted by atomic mass is 9.83. The van der Waals surface area contributed by atoms with Crippen molar-refractivity contribution in [1.29, 1.82) is 5.26 Å². The van der Waals surface area contributed by atoms with Crippen LogP contribution in [0.3, 0.4) is 0 Å². The molecule has 0 bridgehead atoms. The third-order valence-corrected chi connectivity index (χ3v) is 6.60. The summed E-state index contributed by atoms with van der Waals surface area (Å²) < 4.78 is 6.42. The van der Waals surface area contributed by atoms with Gasteiger partial charge in [-0.15, -0.1) is 11.3 Å². The van der Waals surface area contributed by atoms with Crippen molar-refractivity contribution in [3.63, 3.8) is 0 Å². The smallest absolute Gasteiger partial charge is 0.257 e. The molecule has 8 heteroatoms. The minimum Gasteiger partial charge on any atom is -0.494 e. The summed E-state index contributed by atoms with van der Waals surface area (Å²) in [4.78, 5) is 32.4. The number of pyridine rings is 1. The van der Waals surface area contributed by atoms with Crippen LogP contribution in [0.2, 0.25) is 0 Å². The van der Waals surface area contributed by atoms with Crippen molar-refractivity contribution >= 4 is 39.4 Å². The van der Waals surface area contributed by atoms with E-state index in [1.165, 1.54) is 18.5 Å². The summed E-state index contributed by atoms with van der Waals surface area (Å²) in [5, 5.41) is 12.9. The Labute approximate surface area is 177 Å². The van der Waals surface area contributed by atoms with E-state index in [0.717, 1.165) is 47.2 Å². The van der Waals surface area contributed by atoms with E-state index in [4.69, 9.17) is 15.0 Å². The van der Waals surface area contributed by atoms with Crippen molar-refractivity contribution in [2.45, 2.75) is 31.6 Å². The van der Waals surface area contributed by atoms with E-state index in [-0.39, 0.29) is 11.8 Å². The molecule has 0 atom stereocenters. The van der Waals surface area contributed by atoms with Gasteiger partial charge in [0.25, 0.3) is 5.91 Å². The van der Waals surface area contributed by atoms with Crippen LogP contribution in [0.25, 0.3) is 10.2 Å². The number of aldehydes is 1. The van der Waals surface area contributed by atoms with Gasteiger partial charge in [-0.25, -0.2) is 4.98 Å². The number of nitriles is 1. The highest BCUT2D eigenvalue weighted by atomic mass is 32.1. The van der Waals surface area contributed by atoms with Gasteiger partial charge in [0, 0.05) is 30.3 Å². The number of anilines is 1. The molecule has 0 aliphatic heterocycles. The molecule has 1 amide bonds. The molecule has 1 fully saturated rings. The molecule has 3 aromatic rings. The molecule has 1 aliphatic rings. The van der Waals surface area contributed by atoms with Crippen LogP contribution in [-0.2, 0) is 4.79 Å². The molecule has 2 aromatic heterocycles. The summed E-state index contributed by atoms with van der Waals surface area (Å²) in [6.07, 6.45) is 7.64. The van der Waals surface area contributed by atoms with Gasteiger partial charge < -0.3 is 14.8 Å². The van der Waals surface area contributed by atoms with Gasteiger partial charge in [0.1, 0.15) is 18.1 Å². The molecule has 0 radical (unpaired) electrons. The second-order valence-corrected chi connectivity index (χ2v) is 8.41.